The quantitative estimate of drug-likeness (QED) is 0.813. The van der Waals surface area contributed by atoms with Gasteiger partial charge in [0.15, 0.2) is 0 Å². The highest BCUT2D eigenvalue weighted by molar-refractivity contribution is 6.10. The highest BCUT2D eigenvalue weighted by Crippen LogP contribution is 2.32. The lowest BCUT2D eigenvalue weighted by Crippen LogP contribution is -2.45. The lowest BCUT2D eigenvalue weighted by atomic mass is 10.1. The molecule has 6 nitrogen and oxygen atoms in total. The van der Waals surface area contributed by atoms with Gasteiger partial charge in [-0.2, -0.15) is 5.10 Å². The smallest absolute Gasteiger partial charge is 0.259 e. The summed E-state index contributed by atoms with van der Waals surface area (Å²) < 4.78 is 1.94. The van der Waals surface area contributed by atoms with Crippen LogP contribution >= 0.6 is 0 Å². The predicted molar refractivity (Wildman–Crippen MR) is 100 cm³/mol. The van der Waals surface area contributed by atoms with E-state index in [2.05, 4.69) is 17.0 Å². The van der Waals surface area contributed by atoms with Gasteiger partial charge in [0.1, 0.15) is 6.04 Å². The molecule has 0 saturated carbocycles. The topological polar surface area (TPSA) is 67.2 Å². The normalized spacial score (nSPS) is 14.5. The number of carbonyl (C=O) groups is 2. The number of carbonyl (C=O) groups excluding carboxylic acids is 2. The van der Waals surface area contributed by atoms with Gasteiger partial charge in [-0.15, -0.1) is 0 Å². The van der Waals surface area contributed by atoms with Crippen LogP contribution in [-0.2, 0) is 11.3 Å². The highest BCUT2D eigenvalue weighted by atomic mass is 16.2. The molecule has 2 heterocycles. The Labute approximate surface area is 153 Å². The van der Waals surface area contributed by atoms with Gasteiger partial charge in [0.25, 0.3) is 5.91 Å². The Morgan fingerprint density at radius 1 is 1.27 bits per heavy atom. The maximum Gasteiger partial charge on any atom is 0.259 e. The maximum atomic E-state index is 12.6. The Morgan fingerprint density at radius 3 is 2.58 bits per heavy atom. The molecule has 0 aliphatic carbocycles. The number of amides is 2. The van der Waals surface area contributed by atoms with Gasteiger partial charge in [0, 0.05) is 35.6 Å². The van der Waals surface area contributed by atoms with Crippen LogP contribution in [0, 0.1) is 13.8 Å². The molecule has 6 heteroatoms. The van der Waals surface area contributed by atoms with E-state index in [0.717, 1.165) is 29.9 Å². The molecule has 0 fully saturated rings. The number of hydrogen-bond acceptors (Lipinski definition) is 3. The van der Waals surface area contributed by atoms with Crippen molar-refractivity contribution in [2.75, 3.05) is 6.54 Å². The number of aromatic nitrogens is 2. The summed E-state index contributed by atoms with van der Waals surface area (Å²) in [5.74, 6) is -0.350. The molecular weight excluding hydrogens is 328 g/mol. The summed E-state index contributed by atoms with van der Waals surface area (Å²) in [7, 11) is 0. The van der Waals surface area contributed by atoms with E-state index in [9.17, 15) is 9.59 Å². The first-order valence-electron chi connectivity index (χ1n) is 8.80. The Morgan fingerprint density at radius 2 is 1.96 bits per heavy atom. The molecule has 136 valence electrons. The minimum Gasteiger partial charge on any atom is -0.354 e. The summed E-state index contributed by atoms with van der Waals surface area (Å²) in [6.07, 6.45) is 0.773. The first-order chi connectivity index (χ1) is 12.4. The number of nitrogens with one attached hydrogen (secondary N) is 1. The molecular formula is C20H24N4O2. The van der Waals surface area contributed by atoms with Crippen molar-refractivity contribution < 1.29 is 9.59 Å². The van der Waals surface area contributed by atoms with Gasteiger partial charge in [0.05, 0.1) is 5.69 Å². The van der Waals surface area contributed by atoms with E-state index >= 15 is 0 Å². The molecule has 2 aromatic rings. The summed E-state index contributed by atoms with van der Waals surface area (Å²) in [6, 6.07) is 8.73. The van der Waals surface area contributed by atoms with Gasteiger partial charge in [-0.1, -0.05) is 24.8 Å². The van der Waals surface area contributed by atoms with Crippen molar-refractivity contribution in [3.8, 4) is 0 Å². The maximum absolute atomic E-state index is 12.6. The fourth-order valence-corrected chi connectivity index (χ4v) is 3.32. The van der Waals surface area contributed by atoms with Crippen molar-refractivity contribution in [2.24, 2.45) is 0 Å². The zero-order chi connectivity index (χ0) is 18.8. The van der Waals surface area contributed by atoms with Crippen LogP contribution < -0.4 is 5.32 Å². The van der Waals surface area contributed by atoms with Crippen LogP contribution in [0.25, 0.3) is 5.70 Å². The number of rotatable bonds is 6. The number of nitrogens with zero attached hydrogens (tertiary/aromatic N) is 3. The van der Waals surface area contributed by atoms with Crippen LogP contribution in [0.5, 0.6) is 0 Å². The molecule has 2 amide bonds. The molecule has 1 aromatic heterocycles. The zero-order valence-corrected chi connectivity index (χ0v) is 15.5. The number of benzene rings is 1. The third-order valence-corrected chi connectivity index (χ3v) is 4.69. The van der Waals surface area contributed by atoms with Crippen LogP contribution in [0.1, 0.15) is 40.7 Å². The molecule has 26 heavy (non-hydrogen) atoms. The van der Waals surface area contributed by atoms with Crippen molar-refractivity contribution in [3.05, 3.63) is 59.4 Å². The third kappa shape index (κ3) is 3.27. The minimum absolute atomic E-state index is 0.170. The average Bonchev–Trinajstić information content (AvgIpc) is 3.07. The molecule has 1 unspecified atom stereocenters. The van der Waals surface area contributed by atoms with Crippen LogP contribution in [0.2, 0.25) is 0 Å². The number of fused-ring (bicyclic) bond motifs is 1. The number of aryl methyl sites for hydroxylation is 3. The fourth-order valence-electron chi connectivity index (χ4n) is 3.32. The molecule has 1 N–H and O–H groups in total. The average molecular weight is 352 g/mol. The molecule has 0 radical (unpaired) electrons. The number of hydrogen-bond donors (Lipinski definition) is 1. The van der Waals surface area contributed by atoms with Gasteiger partial charge in [-0.05, 0) is 39.3 Å². The van der Waals surface area contributed by atoms with Crippen LogP contribution in [0.3, 0.4) is 0 Å². The Bertz CT molecular complexity index is 833. The fraction of sp³-hybridized carbons (Fsp3) is 0.350. The SMILES string of the molecule is C=C1c2ccccc2C(=O)N1C(C)C(=O)NCCCn1nc(C)cc1C. The molecule has 1 aliphatic rings. The largest absolute Gasteiger partial charge is 0.354 e. The van der Waals surface area contributed by atoms with E-state index in [4.69, 9.17) is 0 Å². The van der Waals surface area contributed by atoms with E-state index in [1.165, 1.54) is 4.90 Å². The summed E-state index contributed by atoms with van der Waals surface area (Å²) in [6.45, 7) is 11.0. The Hall–Kier alpha value is -2.89. The van der Waals surface area contributed by atoms with Gasteiger partial charge in [0.2, 0.25) is 5.91 Å². The van der Waals surface area contributed by atoms with E-state index in [-0.39, 0.29) is 11.8 Å². The van der Waals surface area contributed by atoms with Crippen LogP contribution in [0.4, 0.5) is 0 Å². The summed E-state index contributed by atoms with van der Waals surface area (Å²) in [5, 5.41) is 7.32. The highest BCUT2D eigenvalue weighted by Gasteiger charge is 2.36. The first kappa shape index (κ1) is 17.9. The molecule has 0 spiro atoms. The molecule has 0 saturated heterocycles. The Kier molecular flexibility index (Phi) is 4.93. The van der Waals surface area contributed by atoms with E-state index in [0.29, 0.717) is 17.8 Å². The van der Waals surface area contributed by atoms with Gasteiger partial charge in [-0.3, -0.25) is 19.2 Å². The molecule has 1 aromatic carbocycles. The summed E-state index contributed by atoms with van der Waals surface area (Å²) in [4.78, 5) is 26.5. The molecule has 1 atom stereocenters. The lowest BCUT2D eigenvalue weighted by molar-refractivity contribution is -0.124. The van der Waals surface area contributed by atoms with Gasteiger partial charge < -0.3 is 5.32 Å². The van der Waals surface area contributed by atoms with Crippen LogP contribution in [0.15, 0.2) is 36.9 Å². The second-order valence-electron chi connectivity index (χ2n) is 6.64. The summed E-state index contributed by atoms with van der Waals surface area (Å²) in [5.41, 5.74) is 4.07. The second kappa shape index (κ2) is 7.15. The third-order valence-electron chi connectivity index (χ3n) is 4.69. The van der Waals surface area contributed by atoms with Crippen molar-refractivity contribution >= 4 is 17.5 Å². The van der Waals surface area contributed by atoms with E-state index in [1.807, 2.05) is 42.8 Å². The first-order valence-corrected chi connectivity index (χ1v) is 8.80. The summed E-state index contributed by atoms with van der Waals surface area (Å²) >= 11 is 0. The molecule has 3 rings (SSSR count). The van der Waals surface area contributed by atoms with Crippen molar-refractivity contribution in [2.45, 2.75) is 39.8 Å². The van der Waals surface area contributed by atoms with E-state index < -0.39 is 6.04 Å². The molecule has 0 bridgehead atoms. The monoisotopic (exact) mass is 352 g/mol. The van der Waals surface area contributed by atoms with Gasteiger partial charge >= 0.3 is 0 Å². The van der Waals surface area contributed by atoms with Crippen LogP contribution in [-0.4, -0.2) is 39.1 Å². The minimum atomic E-state index is -0.601. The lowest BCUT2D eigenvalue weighted by Gasteiger charge is -2.24. The zero-order valence-electron chi connectivity index (χ0n) is 15.5. The predicted octanol–water partition coefficient (Wildman–Crippen LogP) is 2.52. The van der Waals surface area contributed by atoms with Crippen molar-refractivity contribution in [1.29, 1.82) is 0 Å². The van der Waals surface area contributed by atoms with Gasteiger partial charge in [-0.25, -0.2) is 0 Å². The molecule has 1 aliphatic heterocycles. The van der Waals surface area contributed by atoms with Crippen molar-refractivity contribution in [3.63, 3.8) is 0 Å². The standard InChI is InChI=1S/C20H24N4O2/c1-13-12-14(2)23(22-13)11-7-10-21-19(25)16(4)24-15(3)17-8-5-6-9-18(17)20(24)26/h5-6,8-9,12,16H,3,7,10-11H2,1-2,4H3,(H,21,25). The van der Waals surface area contributed by atoms with E-state index in [1.54, 1.807) is 13.0 Å². The van der Waals surface area contributed by atoms with Crippen molar-refractivity contribution in [1.82, 2.24) is 20.0 Å². The Balaban J connectivity index is 1.55. The second-order valence-corrected chi connectivity index (χ2v) is 6.64.